The Hall–Kier alpha value is -3.60. The lowest BCUT2D eigenvalue weighted by molar-refractivity contribution is -0.175. The number of aromatic amines is 1. The van der Waals surface area contributed by atoms with Crippen molar-refractivity contribution >= 4 is 23.1 Å². The summed E-state index contributed by atoms with van der Waals surface area (Å²) in [5.74, 6) is -1.37. The molecule has 0 amide bonds. The van der Waals surface area contributed by atoms with E-state index >= 15 is 4.39 Å². The number of alkyl halides is 1. The molecule has 4 atom stereocenters. The van der Waals surface area contributed by atoms with Crippen LogP contribution in [0.4, 0.5) is 4.39 Å². The van der Waals surface area contributed by atoms with Gasteiger partial charge in [0.1, 0.15) is 12.7 Å². The molecule has 2 aromatic heterocycles. The highest BCUT2D eigenvalue weighted by Crippen LogP contribution is 2.50. The first-order valence-corrected chi connectivity index (χ1v) is 9.81. The van der Waals surface area contributed by atoms with Gasteiger partial charge in [-0.2, -0.15) is 0 Å². The van der Waals surface area contributed by atoms with Crippen molar-refractivity contribution in [1.29, 1.82) is 0 Å². The van der Waals surface area contributed by atoms with Crippen LogP contribution in [0.2, 0.25) is 0 Å². The number of halogens is 1. The lowest BCUT2D eigenvalue weighted by atomic mass is 9.84. The molecule has 0 saturated carbocycles. The number of nitrogens with one attached hydrogen (secondary N) is 1. The molecule has 0 unspecified atom stereocenters. The van der Waals surface area contributed by atoms with Gasteiger partial charge in [0.25, 0.3) is 5.56 Å². The van der Waals surface area contributed by atoms with Gasteiger partial charge in [-0.15, -0.1) is 0 Å². The van der Waals surface area contributed by atoms with E-state index in [4.69, 9.17) is 14.2 Å². The zero-order chi connectivity index (χ0) is 23.1. The molecule has 4 rings (SSSR count). The second-order valence-corrected chi connectivity index (χ2v) is 7.77. The van der Waals surface area contributed by atoms with E-state index in [-0.39, 0.29) is 17.8 Å². The van der Waals surface area contributed by atoms with Crippen molar-refractivity contribution in [2.45, 2.75) is 44.4 Å². The average molecular weight is 444 g/mol. The number of hydrogen-bond donors (Lipinski definition) is 1. The van der Waals surface area contributed by atoms with E-state index in [1.54, 1.807) is 30.3 Å². The molecule has 0 bridgehead atoms. The SMILES string of the molecule is CC(=O)O[C@@]1(C)[C@@H](COC(=O)c2ccccc2)O[C@@H](n2cnc3c(=O)[nH]cnc32)[C@]1(C)F. The van der Waals surface area contributed by atoms with Crippen LogP contribution in [0.25, 0.3) is 11.2 Å². The summed E-state index contributed by atoms with van der Waals surface area (Å²) in [6, 6.07) is 8.26. The number of nitrogens with zero attached hydrogens (tertiary/aromatic N) is 3. The molecule has 1 aromatic carbocycles. The largest absolute Gasteiger partial charge is 0.459 e. The van der Waals surface area contributed by atoms with Crippen LogP contribution >= 0.6 is 0 Å². The topological polar surface area (TPSA) is 125 Å². The Bertz CT molecular complexity index is 1220. The molecule has 11 heteroatoms. The Labute approximate surface area is 181 Å². The molecule has 168 valence electrons. The second kappa shape index (κ2) is 7.83. The van der Waals surface area contributed by atoms with Gasteiger partial charge in [0.15, 0.2) is 28.7 Å². The lowest BCUT2D eigenvalue weighted by Gasteiger charge is -2.36. The summed E-state index contributed by atoms with van der Waals surface area (Å²) >= 11 is 0. The molecule has 0 radical (unpaired) electrons. The molecule has 3 heterocycles. The highest BCUT2D eigenvalue weighted by molar-refractivity contribution is 5.89. The summed E-state index contributed by atoms with van der Waals surface area (Å²) in [6.07, 6.45) is -0.134. The molecule has 10 nitrogen and oxygen atoms in total. The second-order valence-electron chi connectivity index (χ2n) is 7.77. The van der Waals surface area contributed by atoms with Crippen LogP contribution in [-0.2, 0) is 19.0 Å². The maximum Gasteiger partial charge on any atom is 0.338 e. The monoisotopic (exact) mass is 444 g/mol. The lowest BCUT2D eigenvalue weighted by Crippen LogP contribution is -2.55. The van der Waals surface area contributed by atoms with Crippen LogP contribution in [-0.4, -0.2) is 55.4 Å². The number of aromatic nitrogens is 4. The number of H-pyrrole nitrogens is 1. The van der Waals surface area contributed by atoms with Gasteiger partial charge in [-0.05, 0) is 26.0 Å². The fraction of sp³-hybridized carbons (Fsp3) is 0.381. The van der Waals surface area contributed by atoms with E-state index in [1.165, 1.54) is 24.7 Å². The molecular formula is C21H21FN4O6. The van der Waals surface area contributed by atoms with Gasteiger partial charge in [0, 0.05) is 6.92 Å². The summed E-state index contributed by atoms with van der Waals surface area (Å²) in [5, 5.41) is 0. The number of esters is 2. The van der Waals surface area contributed by atoms with Gasteiger partial charge in [-0.25, -0.2) is 19.2 Å². The number of benzene rings is 1. The standard InChI is InChI=1S/C21H21FN4O6/c1-12(27)32-21(3)14(9-30-18(29)13-7-5-4-6-8-13)31-19(20(21,2)22)26-11-25-15-16(26)23-10-24-17(15)28/h4-8,10-11,14,19H,9H2,1-3H3,(H,23,24,28)/t14-,19-,20+,21+/m1/s1. The Morgan fingerprint density at radius 3 is 2.66 bits per heavy atom. The minimum absolute atomic E-state index is 0.0000414. The molecule has 0 aliphatic carbocycles. The Kier molecular flexibility index (Phi) is 5.29. The average Bonchev–Trinajstić information content (AvgIpc) is 3.25. The third kappa shape index (κ3) is 3.44. The highest BCUT2D eigenvalue weighted by atomic mass is 19.1. The summed E-state index contributed by atoms with van der Waals surface area (Å²) in [6.45, 7) is 3.34. The number of hydrogen-bond acceptors (Lipinski definition) is 8. The number of fused-ring (bicyclic) bond motifs is 1. The fourth-order valence-corrected chi connectivity index (χ4v) is 3.81. The normalized spacial score (nSPS) is 27.4. The van der Waals surface area contributed by atoms with E-state index < -0.39 is 41.1 Å². The van der Waals surface area contributed by atoms with Gasteiger partial charge in [-0.3, -0.25) is 14.2 Å². The fourth-order valence-electron chi connectivity index (χ4n) is 3.81. The smallest absolute Gasteiger partial charge is 0.338 e. The zero-order valence-electron chi connectivity index (χ0n) is 17.6. The van der Waals surface area contributed by atoms with E-state index in [9.17, 15) is 14.4 Å². The van der Waals surface area contributed by atoms with Gasteiger partial charge in [-0.1, -0.05) is 18.2 Å². The van der Waals surface area contributed by atoms with E-state index in [2.05, 4.69) is 15.0 Å². The Morgan fingerprint density at radius 2 is 1.97 bits per heavy atom. The van der Waals surface area contributed by atoms with E-state index in [1.807, 2.05) is 0 Å². The molecule has 32 heavy (non-hydrogen) atoms. The molecule has 1 saturated heterocycles. The van der Waals surface area contributed by atoms with Crippen LogP contribution in [0.15, 0.2) is 47.8 Å². The highest BCUT2D eigenvalue weighted by Gasteiger charge is 2.66. The first-order valence-electron chi connectivity index (χ1n) is 9.81. The first-order chi connectivity index (χ1) is 15.1. The maximum absolute atomic E-state index is 16.3. The third-order valence-electron chi connectivity index (χ3n) is 5.69. The molecular weight excluding hydrogens is 423 g/mol. The first kappa shape index (κ1) is 21.6. The molecule has 1 N–H and O–H groups in total. The van der Waals surface area contributed by atoms with Crippen LogP contribution in [0.1, 0.15) is 37.4 Å². The van der Waals surface area contributed by atoms with Crippen LogP contribution in [0, 0.1) is 0 Å². The van der Waals surface area contributed by atoms with Crippen LogP contribution in [0.5, 0.6) is 0 Å². The number of imidazole rings is 1. The Morgan fingerprint density at radius 1 is 1.25 bits per heavy atom. The van der Waals surface area contributed by atoms with Gasteiger partial charge in [0.2, 0.25) is 0 Å². The van der Waals surface area contributed by atoms with Crippen molar-refractivity contribution in [1.82, 2.24) is 19.5 Å². The van der Waals surface area contributed by atoms with E-state index in [0.717, 1.165) is 13.3 Å². The molecule has 1 aliphatic rings. The van der Waals surface area contributed by atoms with Crippen molar-refractivity contribution in [2.24, 2.45) is 0 Å². The quantitative estimate of drug-likeness (QED) is 0.592. The predicted molar refractivity (Wildman–Crippen MR) is 108 cm³/mol. The molecule has 1 fully saturated rings. The summed E-state index contributed by atoms with van der Waals surface area (Å²) in [5.41, 5.74) is -4.22. The van der Waals surface area contributed by atoms with E-state index in [0.29, 0.717) is 5.56 Å². The summed E-state index contributed by atoms with van der Waals surface area (Å²) < 4.78 is 34.2. The van der Waals surface area contributed by atoms with Crippen molar-refractivity contribution in [2.75, 3.05) is 6.61 Å². The molecule has 0 spiro atoms. The maximum atomic E-state index is 16.3. The number of rotatable bonds is 5. The number of ether oxygens (including phenoxy) is 3. The van der Waals surface area contributed by atoms with Crippen LogP contribution < -0.4 is 5.56 Å². The van der Waals surface area contributed by atoms with Crippen molar-refractivity contribution in [3.05, 3.63) is 58.9 Å². The minimum atomic E-state index is -2.31. The van der Waals surface area contributed by atoms with Gasteiger partial charge >= 0.3 is 11.9 Å². The molecule has 1 aliphatic heterocycles. The summed E-state index contributed by atoms with van der Waals surface area (Å²) in [7, 11) is 0. The predicted octanol–water partition coefficient (Wildman–Crippen LogP) is 1.92. The summed E-state index contributed by atoms with van der Waals surface area (Å²) in [4.78, 5) is 46.6. The zero-order valence-corrected chi connectivity index (χ0v) is 17.6. The van der Waals surface area contributed by atoms with Crippen LogP contribution in [0.3, 0.4) is 0 Å². The number of carbonyl (C=O) groups excluding carboxylic acids is 2. The van der Waals surface area contributed by atoms with Crippen molar-refractivity contribution in [3.8, 4) is 0 Å². The third-order valence-corrected chi connectivity index (χ3v) is 5.69. The van der Waals surface area contributed by atoms with Crippen molar-refractivity contribution in [3.63, 3.8) is 0 Å². The minimum Gasteiger partial charge on any atom is -0.459 e. The molecule has 3 aromatic rings. The number of carbonyl (C=O) groups is 2. The van der Waals surface area contributed by atoms with Crippen molar-refractivity contribution < 1.29 is 28.2 Å². The Balaban J connectivity index is 1.68. The van der Waals surface area contributed by atoms with Gasteiger partial charge in [0.05, 0.1) is 18.2 Å². The van der Waals surface area contributed by atoms with Gasteiger partial charge < -0.3 is 19.2 Å².